The number of hydrogen-bond acceptors (Lipinski definition) is 3. The maximum atomic E-state index is 11.2. The third kappa shape index (κ3) is 3.51. The predicted molar refractivity (Wildman–Crippen MR) is 123 cm³/mol. The van der Waals surface area contributed by atoms with Crippen molar-refractivity contribution in [3.8, 4) is 0 Å². The van der Waals surface area contributed by atoms with Crippen molar-refractivity contribution >= 4 is 5.97 Å². The monoisotopic (exact) mass is 423 g/mol. The van der Waals surface area contributed by atoms with E-state index in [9.17, 15) is 9.90 Å². The molecule has 0 aliphatic carbocycles. The summed E-state index contributed by atoms with van der Waals surface area (Å²) in [4.78, 5) is 13.7. The summed E-state index contributed by atoms with van der Waals surface area (Å²) in [5.74, 6) is -0.881. The van der Waals surface area contributed by atoms with Gasteiger partial charge in [-0.2, -0.15) is 5.10 Å². The smallest absolute Gasteiger partial charge is 0.325 e. The largest absolute Gasteiger partial charge is 0.480 e. The summed E-state index contributed by atoms with van der Waals surface area (Å²) in [5, 5.41) is 13.7. The van der Waals surface area contributed by atoms with Crippen LogP contribution in [0.3, 0.4) is 0 Å². The molecule has 1 aliphatic rings. The zero-order valence-corrected chi connectivity index (χ0v) is 17.8. The molecular weight excluding hydrogens is 398 g/mol. The van der Waals surface area contributed by atoms with Crippen LogP contribution < -0.4 is 0 Å². The number of carboxylic acid groups (broad SMARTS) is 1. The fourth-order valence-electron chi connectivity index (χ4n) is 4.96. The summed E-state index contributed by atoms with van der Waals surface area (Å²) in [5.41, 5.74) is 5.22. The topological polar surface area (TPSA) is 58.4 Å². The summed E-state index contributed by atoms with van der Waals surface area (Å²) in [7, 11) is 0. The van der Waals surface area contributed by atoms with Crippen LogP contribution in [0.5, 0.6) is 0 Å². The first-order valence-electron chi connectivity index (χ1n) is 10.9. The molecule has 0 amide bonds. The average molecular weight is 424 g/mol. The third-order valence-corrected chi connectivity index (χ3v) is 6.25. The number of fused-ring (bicyclic) bond motifs is 1. The van der Waals surface area contributed by atoms with Gasteiger partial charge in [0.25, 0.3) is 0 Å². The lowest BCUT2D eigenvalue weighted by atomic mass is 9.74. The van der Waals surface area contributed by atoms with Crippen molar-refractivity contribution in [2.45, 2.75) is 25.0 Å². The Bertz CT molecular complexity index is 1110. The highest BCUT2D eigenvalue weighted by Gasteiger charge is 2.43. The Morgan fingerprint density at radius 3 is 1.81 bits per heavy atom. The highest BCUT2D eigenvalue weighted by atomic mass is 16.4. The van der Waals surface area contributed by atoms with E-state index in [-0.39, 0.29) is 6.54 Å². The van der Waals surface area contributed by atoms with Crippen LogP contribution in [0, 0.1) is 0 Å². The van der Waals surface area contributed by atoms with Crippen LogP contribution >= 0.6 is 0 Å². The first kappa shape index (κ1) is 20.2. The van der Waals surface area contributed by atoms with Gasteiger partial charge in [0.15, 0.2) is 0 Å². The van der Waals surface area contributed by atoms with Crippen molar-refractivity contribution in [1.29, 1.82) is 0 Å². The number of hydrogen-bond donors (Lipinski definition) is 1. The maximum absolute atomic E-state index is 11.2. The molecule has 3 aromatic carbocycles. The molecule has 0 unspecified atom stereocenters. The number of rotatable bonds is 6. The van der Waals surface area contributed by atoms with Crippen molar-refractivity contribution in [2.24, 2.45) is 0 Å². The van der Waals surface area contributed by atoms with Crippen LogP contribution in [0.25, 0.3) is 0 Å². The Morgan fingerprint density at radius 1 is 0.844 bits per heavy atom. The van der Waals surface area contributed by atoms with Crippen LogP contribution in [0.2, 0.25) is 0 Å². The molecule has 1 N–H and O–H groups in total. The van der Waals surface area contributed by atoms with Crippen molar-refractivity contribution < 1.29 is 9.90 Å². The van der Waals surface area contributed by atoms with Gasteiger partial charge in [0.2, 0.25) is 0 Å². The van der Waals surface area contributed by atoms with Gasteiger partial charge in [0, 0.05) is 31.3 Å². The highest BCUT2D eigenvalue weighted by molar-refractivity contribution is 5.66. The number of aromatic nitrogens is 2. The first-order valence-corrected chi connectivity index (χ1v) is 10.9. The van der Waals surface area contributed by atoms with Crippen LogP contribution in [-0.2, 0) is 29.8 Å². The van der Waals surface area contributed by atoms with Gasteiger partial charge in [0.05, 0.1) is 11.2 Å². The molecule has 5 heteroatoms. The van der Waals surface area contributed by atoms with Crippen molar-refractivity contribution in [2.75, 3.05) is 6.54 Å². The summed E-state index contributed by atoms with van der Waals surface area (Å²) >= 11 is 0. The van der Waals surface area contributed by atoms with Gasteiger partial charge in [-0.3, -0.25) is 14.4 Å². The molecule has 2 heterocycles. The van der Waals surface area contributed by atoms with E-state index < -0.39 is 11.5 Å². The number of carbonyl (C=O) groups is 1. The second-order valence-corrected chi connectivity index (χ2v) is 8.17. The van der Waals surface area contributed by atoms with Gasteiger partial charge in [0.1, 0.15) is 6.54 Å². The lowest BCUT2D eigenvalue weighted by Crippen LogP contribution is -2.50. The molecular formula is C27H25N3O2. The molecule has 32 heavy (non-hydrogen) atoms. The fourth-order valence-corrected chi connectivity index (χ4v) is 4.96. The second-order valence-electron chi connectivity index (χ2n) is 8.17. The molecule has 0 radical (unpaired) electrons. The summed E-state index contributed by atoms with van der Waals surface area (Å²) < 4.78 is 1.55. The van der Waals surface area contributed by atoms with Gasteiger partial charge in [-0.25, -0.2) is 0 Å². The van der Waals surface area contributed by atoms with Crippen molar-refractivity contribution in [1.82, 2.24) is 14.7 Å². The second kappa shape index (κ2) is 8.44. The molecule has 5 nitrogen and oxygen atoms in total. The van der Waals surface area contributed by atoms with Gasteiger partial charge in [-0.15, -0.1) is 0 Å². The number of carboxylic acids is 1. The van der Waals surface area contributed by atoms with E-state index in [0.29, 0.717) is 6.54 Å². The SMILES string of the molecule is O=C(O)Cn1cc2c(n1)CCN(C(c1ccccc1)(c1ccccc1)c1ccccc1)C2. The van der Waals surface area contributed by atoms with E-state index in [2.05, 4.69) is 101 Å². The number of benzene rings is 3. The lowest BCUT2D eigenvalue weighted by molar-refractivity contribution is -0.137. The quantitative estimate of drug-likeness (QED) is 0.470. The van der Waals surface area contributed by atoms with Crippen LogP contribution in [0.15, 0.2) is 97.2 Å². The molecule has 1 aromatic heterocycles. The molecule has 0 spiro atoms. The highest BCUT2D eigenvalue weighted by Crippen LogP contribution is 2.44. The Balaban J connectivity index is 1.69. The molecule has 1 aliphatic heterocycles. The lowest BCUT2D eigenvalue weighted by Gasteiger charge is -2.47. The zero-order chi connectivity index (χ0) is 22.0. The molecule has 160 valence electrons. The van der Waals surface area contributed by atoms with Gasteiger partial charge >= 0.3 is 5.97 Å². The van der Waals surface area contributed by atoms with E-state index in [1.165, 1.54) is 16.7 Å². The molecule has 0 atom stereocenters. The minimum Gasteiger partial charge on any atom is -0.480 e. The average Bonchev–Trinajstić information content (AvgIpc) is 3.23. The van der Waals surface area contributed by atoms with Crippen molar-refractivity contribution in [3.63, 3.8) is 0 Å². The molecule has 4 aromatic rings. The molecule has 0 saturated heterocycles. The molecule has 0 bridgehead atoms. The third-order valence-electron chi connectivity index (χ3n) is 6.25. The fraction of sp³-hybridized carbons (Fsp3) is 0.185. The number of nitrogens with zero attached hydrogens (tertiary/aromatic N) is 3. The van der Waals surface area contributed by atoms with E-state index in [1.54, 1.807) is 4.68 Å². The van der Waals surface area contributed by atoms with E-state index in [1.807, 2.05) is 6.20 Å². The Kier molecular flexibility index (Phi) is 5.33. The number of aliphatic carboxylic acids is 1. The Hall–Kier alpha value is -3.70. The van der Waals surface area contributed by atoms with Crippen LogP contribution in [0.1, 0.15) is 27.9 Å². The first-order chi connectivity index (χ1) is 15.7. The van der Waals surface area contributed by atoms with Gasteiger partial charge in [-0.1, -0.05) is 91.0 Å². The van der Waals surface area contributed by atoms with Crippen molar-refractivity contribution in [3.05, 3.63) is 125 Å². The standard InChI is InChI=1S/C27H25N3O2/c31-26(32)20-30-19-21-18-29(17-16-25(21)28-30)27(22-10-4-1-5-11-22,23-12-6-2-7-13-23)24-14-8-3-9-15-24/h1-15,19H,16-18,20H2,(H,31,32). The van der Waals surface area contributed by atoms with E-state index in [0.717, 1.165) is 24.2 Å². The van der Waals surface area contributed by atoms with Gasteiger partial charge in [-0.05, 0) is 16.7 Å². The Labute approximate surface area is 187 Å². The molecule has 0 fully saturated rings. The molecule has 0 saturated carbocycles. The van der Waals surface area contributed by atoms with E-state index in [4.69, 9.17) is 0 Å². The van der Waals surface area contributed by atoms with E-state index >= 15 is 0 Å². The summed E-state index contributed by atoms with van der Waals surface area (Å²) in [6.07, 6.45) is 2.66. The molecule has 5 rings (SSSR count). The maximum Gasteiger partial charge on any atom is 0.325 e. The van der Waals surface area contributed by atoms with Crippen LogP contribution in [-0.4, -0.2) is 32.3 Å². The minimum atomic E-state index is -0.881. The summed E-state index contributed by atoms with van der Waals surface area (Å²) in [6.45, 7) is 1.39. The minimum absolute atomic E-state index is 0.117. The zero-order valence-electron chi connectivity index (χ0n) is 17.8. The Morgan fingerprint density at radius 2 is 1.34 bits per heavy atom. The van der Waals surface area contributed by atoms with Crippen LogP contribution in [0.4, 0.5) is 0 Å². The summed E-state index contributed by atoms with van der Waals surface area (Å²) in [6, 6.07) is 31.9. The van der Waals surface area contributed by atoms with Gasteiger partial charge < -0.3 is 5.11 Å². The predicted octanol–water partition coefficient (Wildman–Crippen LogP) is 4.32. The normalized spacial score (nSPS) is 14.1.